The molecule has 0 fully saturated rings. The third-order valence-electron chi connectivity index (χ3n) is 2.44. The maximum absolute atomic E-state index is 10.9. The van der Waals surface area contributed by atoms with Crippen LogP contribution >= 0.6 is 23.2 Å². The standard InChI is InChI=1S/C11H10Cl2N2O3/c1-18-5-10-14-8-2-6(12)7(13)3-9(8)15(10)4-11(16)17/h2-3H,4-5H2,1H3,(H,16,17). The molecule has 0 unspecified atom stereocenters. The van der Waals surface area contributed by atoms with Gasteiger partial charge in [0.1, 0.15) is 19.0 Å². The van der Waals surface area contributed by atoms with Crippen molar-refractivity contribution in [2.45, 2.75) is 13.2 Å². The molecule has 1 aromatic heterocycles. The van der Waals surface area contributed by atoms with Gasteiger partial charge in [-0.3, -0.25) is 4.79 Å². The van der Waals surface area contributed by atoms with Gasteiger partial charge in [0.15, 0.2) is 0 Å². The molecule has 96 valence electrons. The van der Waals surface area contributed by atoms with Crippen molar-refractivity contribution in [2.75, 3.05) is 7.11 Å². The predicted molar refractivity (Wildman–Crippen MR) is 68.1 cm³/mol. The first-order valence-electron chi connectivity index (χ1n) is 5.08. The molecule has 1 N–H and O–H groups in total. The van der Waals surface area contributed by atoms with Crippen LogP contribution in [0.2, 0.25) is 10.0 Å². The Morgan fingerprint density at radius 1 is 1.44 bits per heavy atom. The van der Waals surface area contributed by atoms with Gasteiger partial charge in [0.05, 0.1) is 21.1 Å². The average Bonchev–Trinajstić information content (AvgIpc) is 2.58. The van der Waals surface area contributed by atoms with Crippen molar-refractivity contribution in [1.29, 1.82) is 0 Å². The van der Waals surface area contributed by atoms with Crippen molar-refractivity contribution in [3.63, 3.8) is 0 Å². The van der Waals surface area contributed by atoms with E-state index in [4.69, 9.17) is 33.0 Å². The van der Waals surface area contributed by atoms with Crippen molar-refractivity contribution >= 4 is 40.2 Å². The minimum atomic E-state index is -0.960. The number of imidazole rings is 1. The van der Waals surface area contributed by atoms with Gasteiger partial charge in [0.25, 0.3) is 0 Å². The van der Waals surface area contributed by atoms with Crippen LogP contribution in [0.1, 0.15) is 5.82 Å². The smallest absolute Gasteiger partial charge is 0.323 e. The number of hydrogen-bond donors (Lipinski definition) is 1. The summed E-state index contributed by atoms with van der Waals surface area (Å²) in [5, 5.41) is 9.66. The maximum atomic E-state index is 10.9. The van der Waals surface area contributed by atoms with Crippen LogP contribution < -0.4 is 0 Å². The van der Waals surface area contributed by atoms with Gasteiger partial charge in [-0.1, -0.05) is 23.2 Å². The lowest BCUT2D eigenvalue weighted by Crippen LogP contribution is -2.12. The molecule has 0 aliphatic carbocycles. The number of fused-ring (bicyclic) bond motifs is 1. The molecular formula is C11H10Cl2N2O3. The van der Waals surface area contributed by atoms with E-state index >= 15 is 0 Å². The van der Waals surface area contributed by atoms with Crippen molar-refractivity contribution in [3.8, 4) is 0 Å². The number of carboxylic acid groups (broad SMARTS) is 1. The number of halogens is 2. The molecule has 18 heavy (non-hydrogen) atoms. The Balaban J connectivity index is 2.64. The predicted octanol–water partition coefficient (Wildman–Crippen LogP) is 2.57. The first kappa shape index (κ1) is 13.1. The van der Waals surface area contributed by atoms with Crippen molar-refractivity contribution in [3.05, 3.63) is 28.0 Å². The van der Waals surface area contributed by atoms with E-state index in [2.05, 4.69) is 4.98 Å². The summed E-state index contributed by atoms with van der Waals surface area (Å²) < 4.78 is 6.54. The van der Waals surface area contributed by atoms with Crippen LogP contribution in [-0.2, 0) is 22.7 Å². The summed E-state index contributed by atoms with van der Waals surface area (Å²) in [5.74, 6) is -0.439. The molecule has 7 heteroatoms. The summed E-state index contributed by atoms with van der Waals surface area (Å²) in [7, 11) is 1.52. The lowest BCUT2D eigenvalue weighted by atomic mass is 10.3. The monoisotopic (exact) mass is 288 g/mol. The zero-order chi connectivity index (χ0) is 13.3. The Kier molecular flexibility index (Phi) is 3.75. The molecule has 0 atom stereocenters. The number of aromatic nitrogens is 2. The van der Waals surface area contributed by atoms with Crippen LogP contribution in [0.3, 0.4) is 0 Å². The van der Waals surface area contributed by atoms with E-state index in [-0.39, 0.29) is 13.2 Å². The normalized spacial score (nSPS) is 11.1. The highest BCUT2D eigenvalue weighted by Gasteiger charge is 2.14. The Morgan fingerprint density at radius 2 is 2.11 bits per heavy atom. The lowest BCUT2D eigenvalue weighted by molar-refractivity contribution is -0.137. The second-order valence-electron chi connectivity index (χ2n) is 3.70. The summed E-state index contributed by atoms with van der Waals surface area (Å²) in [6.07, 6.45) is 0. The van der Waals surface area contributed by atoms with Crippen LogP contribution in [0.15, 0.2) is 12.1 Å². The molecule has 2 aromatic rings. The number of carboxylic acids is 1. The van der Waals surface area contributed by atoms with Crippen LogP contribution in [0.25, 0.3) is 11.0 Å². The highest BCUT2D eigenvalue weighted by atomic mass is 35.5. The van der Waals surface area contributed by atoms with E-state index in [0.29, 0.717) is 26.9 Å². The van der Waals surface area contributed by atoms with Crippen LogP contribution in [-0.4, -0.2) is 27.7 Å². The third kappa shape index (κ3) is 2.43. The summed E-state index contributed by atoms with van der Waals surface area (Å²) in [6, 6.07) is 3.21. The SMILES string of the molecule is COCc1nc2cc(Cl)c(Cl)cc2n1CC(=O)O. The Bertz CT molecular complexity index is 610. The second-order valence-corrected chi connectivity index (χ2v) is 4.51. The van der Waals surface area contributed by atoms with E-state index < -0.39 is 5.97 Å². The zero-order valence-corrected chi connectivity index (χ0v) is 11.0. The molecule has 0 radical (unpaired) electrons. The molecule has 0 spiro atoms. The summed E-state index contributed by atoms with van der Waals surface area (Å²) in [4.78, 5) is 15.2. The fraction of sp³-hybridized carbons (Fsp3) is 0.273. The molecule has 0 aliphatic heterocycles. The van der Waals surface area contributed by atoms with Gasteiger partial charge < -0.3 is 14.4 Å². The van der Waals surface area contributed by atoms with Crippen LogP contribution in [0, 0.1) is 0 Å². The number of methoxy groups -OCH3 is 1. The van der Waals surface area contributed by atoms with Gasteiger partial charge in [0.2, 0.25) is 0 Å². The summed E-state index contributed by atoms with van der Waals surface area (Å²) in [6.45, 7) is 0.0182. The van der Waals surface area contributed by atoms with Crippen LogP contribution in [0.4, 0.5) is 0 Å². The lowest BCUT2D eigenvalue weighted by Gasteiger charge is -2.05. The van der Waals surface area contributed by atoms with Gasteiger partial charge in [-0.05, 0) is 12.1 Å². The molecule has 0 aliphatic rings. The van der Waals surface area contributed by atoms with Crippen molar-refractivity contribution in [2.24, 2.45) is 0 Å². The zero-order valence-electron chi connectivity index (χ0n) is 9.48. The van der Waals surface area contributed by atoms with E-state index in [1.807, 2.05) is 0 Å². The Morgan fingerprint density at radius 3 is 2.72 bits per heavy atom. The third-order valence-corrected chi connectivity index (χ3v) is 3.16. The molecule has 0 saturated carbocycles. The van der Waals surface area contributed by atoms with Gasteiger partial charge in [-0.25, -0.2) is 4.98 Å². The van der Waals surface area contributed by atoms with Gasteiger partial charge in [-0.15, -0.1) is 0 Å². The largest absolute Gasteiger partial charge is 0.480 e. The number of ether oxygens (including phenoxy) is 1. The van der Waals surface area contributed by atoms with E-state index in [9.17, 15) is 4.79 Å². The van der Waals surface area contributed by atoms with Gasteiger partial charge >= 0.3 is 5.97 Å². The number of benzene rings is 1. The molecule has 1 aromatic carbocycles. The first-order valence-corrected chi connectivity index (χ1v) is 5.83. The van der Waals surface area contributed by atoms with Crippen LogP contribution in [0.5, 0.6) is 0 Å². The fourth-order valence-electron chi connectivity index (χ4n) is 1.72. The summed E-state index contributed by atoms with van der Waals surface area (Å²) in [5.41, 5.74) is 1.22. The number of carbonyl (C=O) groups is 1. The number of nitrogens with zero attached hydrogens (tertiary/aromatic N) is 2. The minimum absolute atomic E-state index is 0.201. The number of rotatable bonds is 4. The Hall–Kier alpha value is -1.30. The topological polar surface area (TPSA) is 64.4 Å². The van der Waals surface area contributed by atoms with Crippen molar-refractivity contribution < 1.29 is 14.6 Å². The highest BCUT2D eigenvalue weighted by Crippen LogP contribution is 2.28. The molecule has 5 nitrogen and oxygen atoms in total. The minimum Gasteiger partial charge on any atom is -0.480 e. The fourth-order valence-corrected chi connectivity index (χ4v) is 2.04. The molecular weight excluding hydrogens is 279 g/mol. The maximum Gasteiger partial charge on any atom is 0.323 e. The highest BCUT2D eigenvalue weighted by molar-refractivity contribution is 6.42. The quantitative estimate of drug-likeness (QED) is 0.939. The van der Waals surface area contributed by atoms with E-state index in [1.165, 1.54) is 7.11 Å². The molecule has 0 bridgehead atoms. The molecule has 1 heterocycles. The van der Waals surface area contributed by atoms with E-state index in [0.717, 1.165) is 0 Å². The number of hydrogen-bond acceptors (Lipinski definition) is 3. The molecule has 0 saturated heterocycles. The molecule has 0 amide bonds. The van der Waals surface area contributed by atoms with Crippen molar-refractivity contribution in [1.82, 2.24) is 9.55 Å². The first-order chi connectivity index (χ1) is 8.52. The van der Waals surface area contributed by atoms with Gasteiger partial charge in [-0.2, -0.15) is 0 Å². The van der Waals surface area contributed by atoms with E-state index in [1.54, 1.807) is 16.7 Å². The van der Waals surface area contributed by atoms with Gasteiger partial charge in [0, 0.05) is 7.11 Å². The number of aliphatic carboxylic acids is 1. The summed E-state index contributed by atoms with van der Waals surface area (Å²) >= 11 is 11.8. The molecule has 2 rings (SSSR count). The average molecular weight is 289 g/mol. The second kappa shape index (κ2) is 5.14. The Labute approximate surface area is 113 Å².